The van der Waals surface area contributed by atoms with Crippen LogP contribution in [-0.2, 0) is 13.7 Å². The Labute approximate surface area is 81.8 Å². The topological polar surface area (TPSA) is 51.2 Å². The Bertz CT molecular complexity index is 443. The molecule has 0 radical (unpaired) electrons. The normalized spacial score (nSPS) is 10.8. The minimum Gasteiger partial charge on any atom is -0.460 e. The monoisotopic (exact) mass is 192 g/mol. The Morgan fingerprint density at radius 1 is 1.50 bits per heavy atom. The van der Waals surface area contributed by atoms with Gasteiger partial charge in [-0.15, -0.1) is 0 Å². The van der Waals surface area contributed by atoms with Crippen molar-refractivity contribution in [1.29, 1.82) is 0 Å². The van der Waals surface area contributed by atoms with Crippen LogP contribution in [0.15, 0.2) is 22.6 Å². The lowest BCUT2D eigenvalue weighted by atomic mass is 10.3. The predicted octanol–water partition coefficient (Wildman–Crippen LogP) is 1.48. The number of hydrogen-bond donors (Lipinski definition) is 1. The van der Waals surface area contributed by atoms with Crippen molar-refractivity contribution in [2.45, 2.75) is 13.5 Å². The predicted molar refractivity (Wildman–Crippen MR) is 51.6 cm³/mol. The summed E-state index contributed by atoms with van der Waals surface area (Å²) in [5.74, 6) is 1.59. The van der Waals surface area contributed by atoms with Crippen LogP contribution in [0.4, 0.5) is 0 Å². The lowest BCUT2D eigenvalue weighted by molar-refractivity contribution is 0.270. The molecule has 2 aromatic rings. The summed E-state index contributed by atoms with van der Waals surface area (Å²) in [6, 6.07) is 5.58. The highest BCUT2D eigenvalue weighted by atomic mass is 16.3. The molecule has 0 saturated carbocycles. The zero-order valence-corrected chi connectivity index (χ0v) is 8.19. The third kappa shape index (κ3) is 1.44. The molecular formula is C10H12N2O2. The second kappa shape index (κ2) is 3.31. The summed E-state index contributed by atoms with van der Waals surface area (Å²) in [6.07, 6.45) is 0. The van der Waals surface area contributed by atoms with Crippen LogP contribution in [0.3, 0.4) is 0 Å². The van der Waals surface area contributed by atoms with Crippen LogP contribution < -0.4 is 0 Å². The van der Waals surface area contributed by atoms with E-state index in [4.69, 9.17) is 9.52 Å². The van der Waals surface area contributed by atoms with Crippen LogP contribution in [0.5, 0.6) is 0 Å². The molecule has 0 fully saturated rings. The van der Waals surface area contributed by atoms with E-state index in [1.165, 1.54) is 0 Å². The quantitative estimate of drug-likeness (QED) is 0.784. The molecule has 2 rings (SSSR count). The zero-order valence-electron chi connectivity index (χ0n) is 8.19. The number of aliphatic hydroxyl groups is 1. The maximum Gasteiger partial charge on any atom is 0.154 e. The summed E-state index contributed by atoms with van der Waals surface area (Å²) in [4.78, 5) is 0. The molecule has 0 spiro atoms. The number of hydrogen-bond acceptors (Lipinski definition) is 3. The molecule has 0 aromatic carbocycles. The molecule has 0 aliphatic heterocycles. The highest BCUT2D eigenvalue weighted by Gasteiger charge is 2.08. The first-order valence-electron chi connectivity index (χ1n) is 4.41. The Kier molecular flexibility index (Phi) is 2.13. The van der Waals surface area contributed by atoms with Crippen LogP contribution in [0.25, 0.3) is 11.5 Å². The summed E-state index contributed by atoms with van der Waals surface area (Å²) in [6.45, 7) is 1.88. The van der Waals surface area contributed by atoms with Gasteiger partial charge in [0, 0.05) is 7.05 Å². The van der Waals surface area contributed by atoms with Gasteiger partial charge in [-0.1, -0.05) is 0 Å². The fraction of sp³-hybridized carbons (Fsp3) is 0.300. The van der Waals surface area contributed by atoms with E-state index in [-0.39, 0.29) is 6.61 Å². The SMILES string of the molecule is Cc1ccc(-c2cc(CO)n(C)n2)o1. The van der Waals surface area contributed by atoms with E-state index in [2.05, 4.69) is 5.10 Å². The molecule has 0 saturated heterocycles. The van der Waals surface area contributed by atoms with Gasteiger partial charge in [0.2, 0.25) is 0 Å². The van der Waals surface area contributed by atoms with Gasteiger partial charge in [-0.25, -0.2) is 0 Å². The Balaban J connectivity index is 2.42. The van der Waals surface area contributed by atoms with E-state index in [0.717, 1.165) is 22.9 Å². The summed E-state index contributed by atoms with van der Waals surface area (Å²) in [7, 11) is 1.80. The average Bonchev–Trinajstić information content (AvgIpc) is 2.71. The second-order valence-electron chi connectivity index (χ2n) is 3.21. The zero-order chi connectivity index (χ0) is 10.1. The van der Waals surface area contributed by atoms with Crippen LogP contribution in [0.2, 0.25) is 0 Å². The van der Waals surface area contributed by atoms with Gasteiger partial charge in [-0.2, -0.15) is 5.10 Å². The van der Waals surface area contributed by atoms with E-state index >= 15 is 0 Å². The molecular weight excluding hydrogens is 180 g/mol. The summed E-state index contributed by atoms with van der Waals surface area (Å²) < 4.78 is 7.07. The van der Waals surface area contributed by atoms with Gasteiger partial charge < -0.3 is 9.52 Å². The Morgan fingerprint density at radius 3 is 2.79 bits per heavy atom. The molecule has 0 aliphatic rings. The van der Waals surface area contributed by atoms with E-state index in [1.807, 2.05) is 25.1 Å². The first kappa shape index (κ1) is 9.02. The highest BCUT2D eigenvalue weighted by molar-refractivity contribution is 5.52. The van der Waals surface area contributed by atoms with Gasteiger partial charge in [0.1, 0.15) is 11.5 Å². The summed E-state index contributed by atoms with van der Waals surface area (Å²) >= 11 is 0. The third-order valence-electron chi connectivity index (χ3n) is 2.13. The number of aromatic nitrogens is 2. The maximum atomic E-state index is 8.99. The van der Waals surface area contributed by atoms with Gasteiger partial charge >= 0.3 is 0 Å². The van der Waals surface area contributed by atoms with Crippen LogP contribution >= 0.6 is 0 Å². The molecule has 4 nitrogen and oxygen atoms in total. The number of furan rings is 1. The Morgan fingerprint density at radius 2 is 2.29 bits per heavy atom. The van der Waals surface area contributed by atoms with E-state index < -0.39 is 0 Å². The minimum atomic E-state index is -0.0107. The smallest absolute Gasteiger partial charge is 0.154 e. The average molecular weight is 192 g/mol. The maximum absolute atomic E-state index is 8.99. The van der Waals surface area contributed by atoms with E-state index in [0.29, 0.717) is 0 Å². The van der Waals surface area contributed by atoms with Crippen molar-refractivity contribution in [2.75, 3.05) is 0 Å². The molecule has 1 N–H and O–H groups in total. The Hall–Kier alpha value is -1.55. The van der Waals surface area contributed by atoms with Crippen LogP contribution in [-0.4, -0.2) is 14.9 Å². The standard InChI is InChI=1S/C10H12N2O2/c1-7-3-4-10(14-7)9-5-8(6-13)12(2)11-9/h3-5,13H,6H2,1-2H3. The van der Waals surface area contributed by atoms with Crippen molar-refractivity contribution < 1.29 is 9.52 Å². The number of aliphatic hydroxyl groups excluding tert-OH is 1. The summed E-state index contributed by atoms with van der Waals surface area (Å²) in [5.41, 5.74) is 1.53. The van der Waals surface area contributed by atoms with Gasteiger partial charge in [0.05, 0.1) is 12.3 Å². The van der Waals surface area contributed by atoms with Gasteiger partial charge in [-0.3, -0.25) is 4.68 Å². The van der Waals surface area contributed by atoms with Crippen molar-refractivity contribution in [3.63, 3.8) is 0 Å². The largest absolute Gasteiger partial charge is 0.460 e. The first-order chi connectivity index (χ1) is 6.70. The minimum absolute atomic E-state index is 0.0107. The molecule has 2 aromatic heterocycles. The van der Waals surface area contributed by atoms with Crippen molar-refractivity contribution in [3.8, 4) is 11.5 Å². The van der Waals surface area contributed by atoms with Crippen molar-refractivity contribution >= 4 is 0 Å². The van der Waals surface area contributed by atoms with Gasteiger partial charge in [0.25, 0.3) is 0 Å². The molecule has 2 heterocycles. The number of nitrogens with zero attached hydrogens (tertiary/aromatic N) is 2. The molecule has 0 amide bonds. The van der Waals surface area contributed by atoms with Gasteiger partial charge in [-0.05, 0) is 25.1 Å². The van der Waals surface area contributed by atoms with Crippen molar-refractivity contribution in [1.82, 2.24) is 9.78 Å². The number of rotatable bonds is 2. The molecule has 14 heavy (non-hydrogen) atoms. The molecule has 4 heteroatoms. The first-order valence-corrected chi connectivity index (χ1v) is 4.41. The van der Waals surface area contributed by atoms with Crippen molar-refractivity contribution in [3.05, 3.63) is 29.7 Å². The molecule has 74 valence electrons. The highest BCUT2D eigenvalue weighted by Crippen LogP contribution is 2.21. The molecule has 0 aliphatic carbocycles. The van der Waals surface area contributed by atoms with E-state index in [9.17, 15) is 0 Å². The molecule has 0 bridgehead atoms. The lowest BCUT2D eigenvalue weighted by Crippen LogP contribution is -1.96. The lowest BCUT2D eigenvalue weighted by Gasteiger charge is -1.92. The van der Waals surface area contributed by atoms with Crippen molar-refractivity contribution in [2.24, 2.45) is 7.05 Å². The molecule has 0 atom stereocenters. The fourth-order valence-electron chi connectivity index (χ4n) is 1.35. The third-order valence-corrected chi connectivity index (χ3v) is 2.13. The molecule has 0 unspecified atom stereocenters. The van der Waals surface area contributed by atoms with Gasteiger partial charge in [0.15, 0.2) is 5.76 Å². The summed E-state index contributed by atoms with van der Waals surface area (Å²) in [5, 5.41) is 13.2. The second-order valence-corrected chi connectivity index (χ2v) is 3.21. The fourth-order valence-corrected chi connectivity index (χ4v) is 1.35. The number of aryl methyl sites for hydroxylation is 2. The van der Waals surface area contributed by atoms with Crippen LogP contribution in [0, 0.1) is 6.92 Å². The van der Waals surface area contributed by atoms with Crippen LogP contribution in [0.1, 0.15) is 11.5 Å². The van der Waals surface area contributed by atoms with E-state index in [1.54, 1.807) is 11.7 Å².